The Morgan fingerprint density at radius 2 is 1.93 bits per heavy atom. The normalized spacial score (nSPS) is 24.0. The molecule has 2 saturated carbocycles. The van der Waals surface area contributed by atoms with Gasteiger partial charge >= 0.3 is 0 Å². The van der Waals surface area contributed by atoms with E-state index in [4.69, 9.17) is 0 Å². The molecule has 0 radical (unpaired) electrons. The summed E-state index contributed by atoms with van der Waals surface area (Å²) in [6.45, 7) is 5.16. The Bertz CT molecular complexity index is 706. The molecule has 2 amide bonds. The first kappa shape index (κ1) is 18.3. The summed E-state index contributed by atoms with van der Waals surface area (Å²) in [5.74, 6) is 1.50. The lowest BCUT2D eigenvalue weighted by Gasteiger charge is -2.35. The Balaban J connectivity index is 1.35. The van der Waals surface area contributed by atoms with Gasteiger partial charge < -0.3 is 15.1 Å². The number of piperazine rings is 1. The first-order valence-electron chi connectivity index (χ1n) is 10.3. The Kier molecular flexibility index (Phi) is 5.06. The molecule has 2 heterocycles. The van der Waals surface area contributed by atoms with Gasteiger partial charge in [0.1, 0.15) is 5.82 Å². The first-order valence-corrected chi connectivity index (χ1v) is 10.3. The fourth-order valence-electron chi connectivity index (χ4n) is 4.92. The molecule has 3 aliphatic rings. The lowest BCUT2D eigenvalue weighted by Crippen LogP contribution is -2.48. The Morgan fingerprint density at radius 1 is 1.19 bits per heavy atom. The van der Waals surface area contributed by atoms with Gasteiger partial charge in [0.2, 0.25) is 11.8 Å². The van der Waals surface area contributed by atoms with Crippen LogP contribution in [0.15, 0.2) is 18.3 Å². The van der Waals surface area contributed by atoms with Crippen molar-refractivity contribution >= 4 is 17.6 Å². The van der Waals surface area contributed by atoms with E-state index in [1.807, 2.05) is 17.0 Å². The van der Waals surface area contributed by atoms with Gasteiger partial charge in [-0.25, -0.2) is 4.98 Å². The van der Waals surface area contributed by atoms with E-state index in [0.29, 0.717) is 12.0 Å². The number of amides is 2. The van der Waals surface area contributed by atoms with E-state index >= 15 is 0 Å². The number of rotatable bonds is 4. The zero-order valence-corrected chi connectivity index (χ0v) is 16.2. The van der Waals surface area contributed by atoms with E-state index in [9.17, 15) is 9.59 Å². The number of aromatic nitrogens is 1. The van der Waals surface area contributed by atoms with Crippen LogP contribution in [0.25, 0.3) is 0 Å². The second-order valence-corrected chi connectivity index (χ2v) is 8.38. The highest BCUT2D eigenvalue weighted by Crippen LogP contribution is 2.61. The number of anilines is 1. The molecule has 6 heteroatoms. The van der Waals surface area contributed by atoms with Crippen molar-refractivity contribution < 1.29 is 9.59 Å². The average Bonchev–Trinajstić information content (AvgIpc) is 3.39. The zero-order valence-electron chi connectivity index (χ0n) is 16.2. The molecule has 1 saturated heterocycles. The van der Waals surface area contributed by atoms with Crippen LogP contribution in [0.5, 0.6) is 0 Å². The Morgan fingerprint density at radius 3 is 2.63 bits per heavy atom. The molecule has 1 aromatic rings. The Labute approximate surface area is 161 Å². The minimum Gasteiger partial charge on any atom is -0.353 e. The maximum absolute atomic E-state index is 12.7. The van der Waals surface area contributed by atoms with E-state index < -0.39 is 0 Å². The fraction of sp³-hybridized carbons (Fsp3) is 0.667. The molecule has 2 aliphatic carbocycles. The summed E-state index contributed by atoms with van der Waals surface area (Å²) in [7, 11) is 0. The molecule has 1 spiro atoms. The van der Waals surface area contributed by atoms with Crippen LogP contribution in [0, 0.1) is 11.3 Å². The number of hydrogen-bond acceptors (Lipinski definition) is 4. The second-order valence-electron chi connectivity index (χ2n) is 8.38. The van der Waals surface area contributed by atoms with Crippen LogP contribution < -0.4 is 10.2 Å². The molecule has 4 rings (SSSR count). The maximum Gasteiger partial charge on any atom is 0.223 e. The monoisotopic (exact) mass is 370 g/mol. The topological polar surface area (TPSA) is 65.5 Å². The summed E-state index contributed by atoms with van der Waals surface area (Å²) in [5.41, 5.74) is 1.38. The molecule has 1 unspecified atom stereocenters. The lowest BCUT2D eigenvalue weighted by molar-refractivity contribution is -0.129. The predicted molar refractivity (Wildman–Crippen MR) is 104 cm³/mol. The second kappa shape index (κ2) is 7.49. The molecule has 1 aromatic heterocycles. The summed E-state index contributed by atoms with van der Waals surface area (Å²) in [5, 5.41) is 3.17. The number of pyridine rings is 1. The molecule has 1 aliphatic heterocycles. The number of carbonyl (C=O) groups is 2. The third kappa shape index (κ3) is 3.80. The highest BCUT2D eigenvalue weighted by molar-refractivity contribution is 5.82. The van der Waals surface area contributed by atoms with Crippen molar-refractivity contribution in [3.8, 4) is 0 Å². The molecular weight excluding hydrogens is 340 g/mol. The molecule has 146 valence electrons. The van der Waals surface area contributed by atoms with Gasteiger partial charge in [-0.2, -0.15) is 0 Å². The first-order chi connectivity index (χ1) is 13.1. The van der Waals surface area contributed by atoms with Crippen molar-refractivity contribution in [2.75, 3.05) is 31.1 Å². The van der Waals surface area contributed by atoms with Crippen molar-refractivity contribution in [3.63, 3.8) is 0 Å². The molecule has 6 nitrogen and oxygen atoms in total. The predicted octanol–water partition coefficient (Wildman–Crippen LogP) is 2.34. The van der Waals surface area contributed by atoms with Crippen molar-refractivity contribution in [1.29, 1.82) is 0 Å². The Hall–Kier alpha value is -2.11. The highest BCUT2D eigenvalue weighted by atomic mass is 16.2. The highest BCUT2D eigenvalue weighted by Gasteiger charge is 2.57. The van der Waals surface area contributed by atoms with E-state index in [0.717, 1.165) is 44.0 Å². The third-order valence-corrected chi connectivity index (χ3v) is 6.70. The van der Waals surface area contributed by atoms with E-state index in [1.165, 1.54) is 32.1 Å². The molecule has 0 aromatic carbocycles. The van der Waals surface area contributed by atoms with Crippen LogP contribution in [0.1, 0.15) is 51.0 Å². The van der Waals surface area contributed by atoms with Crippen LogP contribution in [0.4, 0.5) is 5.82 Å². The zero-order chi connectivity index (χ0) is 18.9. The van der Waals surface area contributed by atoms with Crippen LogP contribution >= 0.6 is 0 Å². The van der Waals surface area contributed by atoms with Crippen LogP contribution in [-0.2, 0) is 16.1 Å². The minimum atomic E-state index is 0.129. The largest absolute Gasteiger partial charge is 0.353 e. The van der Waals surface area contributed by atoms with E-state index in [-0.39, 0.29) is 17.7 Å². The molecule has 3 fully saturated rings. The summed E-state index contributed by atoms with van der Waals surface area (Å²) >= 11 is 0. The van der Waals surface area contributed by atoms with Crippen molar-refractivity contribution in [3.05, 3.63) is 23.9 Å². The van der Waals surface area contributed by atoms with Gasteiger partial charge in [-0.15, -0.1) is 0 Å². The van der Waals surface area contributed by atoms with Gasteiger partial charge in [0.05, 0.1) is 0 Å². The molecule has 27 heavy (non-hydrogen) atoms. The number of nitrogens with zero attached hydrogens (tertiary/aromatic N) is 3. The van der Waals surface area contributed by atoms with Crippen LogP contribution in [0.2, 0.25) is 0 Å². The van der Waals surface area contributed by atoms with Crippen molar-refractivity contribution in [2.45, 2.75) is 52.0 Å². The molecule has 1 atom stereocenters. The minimum absolute atomic E-state index is 0.129. The third-order valence-electron chi connectivity index (χ3n) is 6.70. The van der Waals surface area contributed by atoms with Gasteiger partial charge in [-0.05, 0) is 30.7 Å². The quantitative estimate of drug-likeness (QED) is 0.883. The van der Waals surface area contributed by atoms with Crippen LogP contribution in [0.3, 0.4) is 0 Å². The maximum atomic E-state index is 12.7. The summed E-state index contributed by atoms with van der Waals surface area (Å²) in [6, 6.07) is 3.97. The summed E-state index contributed by atoms with van der Waals surface area (Å²) in [4.78, 5) is 32.9. The van der Waals surface area contributed by atoms with Crippen molar-refractivity contribution in [2.24, 2.45) is 11.3 Å². The van der Waals surface area contributed by atoms with Crippen molar-refractivity contribution in [1.82, 2.24) is 15.2 Å². The van der Waals surface area contributed by atoms with Gasteiger partial charge in [0.25, 0.3) is 0 Å². The number of hydrogen-bond donors (Lipinski definition) is 1. The summed E-state index contributed by atoms with van der Waals surface area (Å²) < 4.78 is 0. The SMILES string of the molecule is CC(=O)N1CCN(c2ncccc2CNC(=O)C2CC23CCCCC3)CC1. The van der Waals surface area contributed by atoms with Gasteiger partial charge in [-0.3, -0.25) is 9.59 Å². The lowest BCUT2D eigenvalue weighted by atomic mass is 9.84. The van der Waals surface area contributed by atoms with E-state index in [1.54, 1.807) is 13.1 Å². The van der Waals surface area contributed by atoms with Crippen LogP contribution in [-0.4, -0.2) is 47.9 Å². The smallest absolute Gasteiger partial charge is 0.223 e. The molecule has 1 N–H and O–H groups in total. The van der Waals surface area contributed by atoms with Gasteiger partial charge in [-0.1, -0.05) is 25.3 Å². The average molecular weight is 370 g/mol. The van der Waals surface area contributed by atoms with E-state index in [2.05, 4.69) is 15.2 Å². The number of nitrogens with one attached hydrogen (secondary N) is 1. The summed E-state index contributed by atoms with van der Waals surface area (Å²) in [6.07, 6.45) is 9.21. The fourth-order valence-corrected chi connectivity index (χ4v) is 4.92. The standard InChI is InChI=1S/C21H30N4O2/c1-16(26)24-10-12-25(13-11-24)19-17(6-5-9-22-19)15-23-20(27)18-14-21(18)7-3-2-4-8-21/h5-6,9,18H,2-4,7-8,10-15H2,1H3,(H,23,27). The molecular formula is C21H30N4O2. The molecule has 0 bridgehead atoms. The number of carbonyl (C=O) groups excluding carboxylic acids is 2. The van der Waals surface area contributed by atoms with Gasteiger partial charge in [0, 0.05) is 57.3 Å². The van der Waals surface area contributed by atoms with Gasteiger partial charge in [0.15, 0.2) is 0 Å².